The van der Waals surface area contributed by atoms with Gasteiger partial charge in [-0.3, -0.25) is 9.59 Å². The van der Waals surface area contributed by atoms with Gasteiger partial charge in [-0.25, -0.2) is 4.79 Å². The lowest BCUT2D eigenvalue weighted by molar-refractivity contribution is -0.144. The maximum Gasteiger partial charge on any atom is 0.328 e. The van der Waals surface area contributed by atoms with Crippen LogP contribution in [-0.4, -0.2) is 38.1 Å². The minimum absolute atomic E-state index is 0.00442. The fourth-order valence-corrected chi connectivity index (χ4v) is 4.48. The van der Waals surface area contributed by atoms with Crippen LogP contribution < -0.4 is 5.32 Å². The highest BCUT2D eigenvalue weighted by Gasteiger charge is 2.26. The highest BCUT2D eigenvalue weighted by molar-refractivity contribution is 9.14. The van der Waals surface area contributed by atoms with Crippen LogP contribution in [0.15, 0.2) is 12.7 Å². The van der Waals surface area contributed by atoms with E-state index in [1.54, 1.807) is 0 Å². The van der Waals surface area contributed by atoms with Crippen molar-refractivity contribution in [3.05, 3.63) is 17.6 Å². The Labute approximate surface area is 156 Å². The smallest absolute Gasteiger partial charge is 0.328 e. The second-order valence-electron chi connectivity index (χ2n) is 4.00. The Morgan fingerprint density at radius 3 is 2.23 bits per heavy atom. The summed E-state index contributed by atoms with van der Waals surface area (Å²) in [5.74, 6) is -1.53. The third kappa shape index (κ3) is 5.04. The third-order valence-corrected chi connectivity index (χ3v) is 7.65. The molecule has 1 N–H and O–H groups in total. The van der Waals surface area contributed by atoms with Crippen molar-refractivity contribution in [2.75, 3.05) is 14.2 Å². The average molecular weight is 522 g/mol. The van der Waals surface area contributed by atoms with Crippen LogP contribution in [0.5, 0.6) is 0 Å². The Kier molecular flexibility index (Phi) is 8.01. The quantitative estimate of drug-likeness (QED) is 0.581. The van der Waals surface area contributed by atoms with E-state index in [-0.39, 0.29) is 12.8 Å². The third-order valence-electron chi connectivity index (χ3n) is 2.62. The highest BCUT2D eigenvalue weighted by Crippen LogP contribution is 2.40. The zero-order valence-corrected chi connectivity index (χ0v) is 17.1. The highest BCUT2D eigenvalue weighted by atomic mass is 79.9. The minimum Gasteiger partial charge on any atom is -0.469 e. The van der Waals surface area contributed by atoms with Crippen LogP contribution in [0.4, 0.5) is 0 Å². The summed E-state index contributed by atoms with van der Waals surface area (Å²) in [4.78, 5) is 35.6. The summed E-state index contributed by atoms with van der Waals surface area (Å²) in [5.41, 5.74) is 0. The molecule has 0 unspecified atom stereocenters. The van der Waals surface area contributed by atoms with Gasteiger partial charge in [0.2, 0.25) is 0 Å². The van der Waals surface area contributed by atoms with Gasteiger partial charge >= 0.3 is 11.9 Å². The van der Waals surface area contributed by atoms with E-state index < -0.39 is 23.9 Å². The number of ether oxygens (including phenoxy) is 2. The van der Waals surface area contributed by atoms with Gasteiger partial charge in [-0.1, -0.05) is 0 Å². The normalized spacial score (nSPS) is 11.7. The van der Waals surface area contributed by atoms with E-state index in [1.807, 2.05) is 0 Å². The first kappa shape index (κ1) is 19.6. The Morgan fingerprint density at radius 2 is 1.77 bits per heavy atom. The maximum atomic E-state index is 12.3. The fraction of sp³-hybridized carbons (Fsp3) is 0.417. The van der Waals surface area contributed by atoms with Crippen LogP contribution in [0.1, 0.15) is 22.5 Å². The molecule has 22 heavy (non-hydrogen) atoms. The number of nitrogens with one attached hydrogen (secondary N) is 1. The number of thiophene rings is 1. The molecule has 0 saturated heterocycles. The monoisotopic (exact) mass is 519 g/mol. The van der Waals surface area contributed by atoms with Crippen LogP contribution in [0.2, 0.25) is 0 Å². The number of carbonyl (C=O) groups is 3. The summed E-state index contributed by atoms with van der Waals surface area (Å²) in [6.45, 7) is 0. The number of hydrogen-bond donors (Lipinski definition) is 1. The van der Waals surface area contributed by atoms with Crippen molar-refractivity contribution in [2.45, 2.75) is 18.9 Å². The topological polar surface area (TPSA) is 81.7 Å². The lowest BCUT2D eigenvalue weighted by Crippen LogP contribution is -2.41. The summed E-state index contributed by atoms with van der Waals surface area (Å²) in [7, 11) is 2.47. The van der Waals surface area contributed by atoms with Crippen molar-refractivity contribution in [3.8, 4) is 0 Å². The first-order valence-corrected chi connectivity index (χ1v) is 9.10. The van der Waals surface area contributed by atoms with E-state index in [0.717, 1.165) is 3.79 Å². The first-order chi connectivity index (χ1) is 10.3. The summed E-state index contributed by atoms with van der Waals surface area (Å²) < 4.78 is 11.2. The lowest BCUT2D eigenvalue weighted by Gasteiger charge is -2.15. The Morgan fingerprint density at radius 1 is 1.14 bits per heavy atom. The molecule has 6 nitrogen and oxygen atoms in total. The molecule has 0 aromatic carbocycles. The molecular weight excluding hydrogens is 510 g/mol. The van der Waals surface area contributed by atoms with Gasteiger partial charge in [-0.15, -0.1) is 11.3 Å². The van der Waals surface area contributed by atoms with Gasteiger partial charge in [0.15, 0.2) is 0 Å². The molecule has 1 heterocycles. The number of carbonyl (C=O) groups excluding carboxylic acids is 3. The Balaban J connectivity index is 2.84. The van der Waals surface area contributed by atoms with Crippen molar-refractivity contribution >= 4 is 77.0 Å². The van der Waals surface area contributed by atoms with Crippen LogP contribution in [0.3, 0.4) is 0 Å². The van der Waals surface area contributed by atoms with Gasteiger partial charge in [-0.2, -0.15) is 0 Å². The summed E-state index contributed by atoms with van der Waals surface area (Å²) >= 11 is 11.1. The van der Waals surface area contributed by atoms with Crippen LogP contribution in [0, 0.1) is 0 Å². The zero-order chi connectivity index (χ0) is 16.9. The number of amides is 1. The van der Waals surface area contributed by atoms with Crippen molar-refractivity contribution in [1.82, 2.24) is 5.32 Å². The number of esters is 2. The summed E-state index contributed by atoms with van der Waals surface area (Å²) in [6.07, 6.45) is 0.0893. The van der Waals surface area contributed by atoms with E-state index in [4.69, 9.17) is 0 Å². The number of methoxy groups -OCH3 is 2. The fourth-order valence-electron chi connectivity index (χ4n) is 1.49. The molecule has 1 rings (SSSR count). The van der Waals surface area contributed by atoms with Gasteiger partial charge in [0.05, 0.1) is 27.0 Å². The molecule has 0 radical (unpaired) electrons. The van der Waals surface area contributed by atoms with Gasteiger partial charge in [0, 0.05) is 6.42 Å². The Bertz CT molecular complexity index is 590. The predicted molar refractivity (Wildman–Crippen MR) is 91.9 cm³/mol. The molecular formula is C12H12Br3NO5S. The van der Waals surface area contributed by atoms with Gasteiger partial charge in [-0.05, 0) is 54.2 Å². The second kappa shape index (κ2) is 8.99. The lowest BCUT2D eigenvalue weighted by atomic mass is 10.1. The largest absolute Gasteiger partial charge is 0.469 e. The number of rotatable bonds is 6. The van der Waals surface area contributed by atoms with Crippen LogP contribution in [0.25, 0.3) is 0 Å². The molecule has 10 heteroatoms. The summed E-state index contributed by atoms with van der Waals surface area (Å²) in [5, 5.41) is 2.56. The molecule has 122 valence electrons. The minimum atomic E-state index is -0.928. The van der Waals surface area contributed by atoms with Crippen LogP contribution >= 0.6 is 59.1 Å². The van der Waals surface area contributed by atoms with Gasteiger partial charge in [0.1, 0.15) is 10.9 Å². The van der Waals surface area contributed by atoms with E-state index in [1.165, 1.54) is 25.6 Å². The molecule has 1 aromatic heterocycles. The zero-order valence-electron chi connectivity index (χ0n) is 11.6. The van der Waals surface area contributed by atoms with E-state index in [0.29, 0.717) is 13.8 Å². The molecule has 0 aliphatic heterocycles. The molecule has 0 saturated carbocycles. The number of hydrogen-bond acceptors (Lipinski definition) is 6. The van der Waals surface area contributed by atoms with Gasteiger partial charge in [0.25, 0.3) is 5.91 Å². The molecule has 1 atom stereocenters. The van der Waals surface area contributed by atoms with E-state index in [2.05, 4.69) is 62.6 Å². The van der Waals surface area contributed by atoms with Gasteiger partial charge < -0.3 is 14.8 Å². The summed E-state index contributed by atoms with van der Waals surface area (Å²) in [6, 6.07) is -0.928. The molecule has 1 amide bonds. The molecule has 0 fully saturated rings. The Hall–Kier alpha value is -0.450. The average Bonchev–Trinajstić information content (AvgIpc) is 2.77. The molecule has 0 aliphatic carbocycles. The molecule has 0 spiro atoms. The SMILES string of the molecule is COC(=O)CC[C@H](NC(=O)c1sc(Br)c(Br)c1Br)C(=O)OC. The molecule has 0 bridgehead atoms. The van der Waals surface area contributed by atoms with Crippen molar-refractivity contribution in [2.24, 2.45) is 0 Å². The van der Waals surface area contributed by atoms with E-state index >= 15 is 0 Å². The van der Waals surface area contributed by atoms with E-state index in [9.17, 15) is 14.4 Å². The maximum absolute atomic E-state index is 12.3. The van der Waals surface area contributed by atoms with Crippen molar-refractivity contribution in [1.29, 1.82) is 0 Å². The standard InChI is InChI=1S/C12H12Br3NO5S/c1-20-6(17)4-3-5(12(19)21-2)16-11(18)9-7(13)8(14)10(15)22-9/h5H,3-4H2,1-2H3,(H,16,18)/t5-/m0/s1. The number of halogens is 3. The van der Waals surface area contributed by atoms with Crippen LogP contribution in [-0.2, 0) is 19.1 Å². The predicted octanol–water partition coefficient (Wildman–Crippen LogP) is 3.26. The van der Waals surface area contributed by atoms with Crippen molar-refractivity contribution < 1.29 is 23.9 Å². The first-order valence-electron chi connectivity index (χ1n) is 5.90. The second-order valence-corrected chi connectivity index (χ2v) is 7.92. The molecule has 1 aromatic rings. The van der Waals surface area contributed by atoms with Crippen molar-refractivity contribution in [3.63, 3.8) is 0 Å². The molecule has 0 aliphatic rings.